The highest BCUT2D eigenvalue weighted by atomic mass is 35.5. The molecule has 1 aromatic carbocycles. The van der Waals surface area contributed by atoms with Gasteiger partial charge in [0.2, 0.25) is 5.16 Å². The largest absolute Gasteiger partial charge is 0.214 e. The summed E-state index contributed by atoms with van der Waals surface area (Å²) < 4.78 is 1.78. The molecule has 2 atom stereocenters. The number of alkyl halides is 1. The van der Waals surface area contributed by atoms with Crippen LogP contribution in [0.2, 0.25) is 0 Å². The van der Waals surface area contributed by atoms with Crippen LogP contribution in [-0.2, 0) is 0 Å². The molecule has 2 aromatic rings. The van der Waals surface area contributed by atoms with Crippen molar-refractivity contribution in [2.24, 2.45) is 0 Å². The van der Waals surface area contributed by atoms with Crippen molar-refractivity contribution in [3.63, 3.8) is 0 Å². The second-order valence-electron chi connectivity index (χ2n) is 4.67. The number of para-hydroxylation sites is 1. The molecular formula is C13H15ClN4S. The van der Waals surface area contributed by atoms with Gasteiger partial charge in [-0.15, -0.1) is 16.7 Å². The quantitative estimate of drug-likeness (QED) is 0.815. The lowest BCUT2D eigenvalue weighted by molar-refractivity contribution is 0.521. The lowest BCUT2D eigenvalue weighted by atomic mass is 10.00. The predicted octanol–water partition coefficient (Wildman–Crippen LogP) is 3.30. The number of rotatable bonds is 3. The lowest BCUT2D eigenvalue weighted by Crippen LogP contribution is -2.22. The molecule has 0 unspecified atom stereocenters. The Labute approximate surface area is 121 Å². The SMILES string of the molecule is Cl[C@@H]1CCCC[C@@H]1Sc1nnnn1-c1ccccc1. The second kappa shape index (κ2) is 5.92. The van der Waals surface area contributed by atoms with E-state index in [4.69, 9.17) is 11.6 Å². The molecule has 19 heavy (non-hydrogen) atoms. The van der Waals surface area contributed by atoms with Crippen molar-refractivity contribution < 1.29 is 0 Å². The van der Waals surface area contributed by atoms with E-state index in [1.807, 2.05) is 30.3 Å². The second-order valence-corrected chi connectivity index (χ2v) is 6.43. The number of benzene rings is 1. The van der Waals surface area contributed by atoms with Gasteiger partial charge in [0.1, 0.15) is 0 Å². The monoisotopic (exact) mass is 294 g/mol. The van der Waals surface area contributed by atoms with E-state index in [9.17, 15) is 0 Å². The van der Waals surface area contributed by atoms with Crippen LogP contribution < -0.4 is 0 Å². The molecule has 1 fully saturated rings. The standard InChI is InChI=1S/C13H15ClN4S/c14-11-8-4-5-9-12(11)19-13-15-16-17-18(13)10-6-2-1-3-7-10/h1-3,6-7,11-12H,4-5,8-9H2/t11-,12+/m1/s1. The Morgan fingerprint density at radius 3 is 2.74 bits per heavy atom. The fraction of sp³-hybridized carbons (Fsp3) is 0.462. The Kier molecular flexibility index (Phi) is 4.03. The summed E-state index contributed by atoms with van der Waals surface area (Å²) in [5.41, 5.74) is 0.983. The van der Waals surface area contributed by atoms with Gasteiger partial charge in [0.25, 0.3) is 0 Å². The van der Waals surface area contributed by atoms with Crippen LogP contribution in [0.1, 0.15) is 25.7 Å². The minimum atomic E-state index is 0.222. The van der Waals surface area contributed by atoms with Crippen LogP contribution in [0.4, 0.5) is 0 Å². The van der Waals surface area contributed by atoms with E-state index < -0.39 is 0 Å². The summed E-state index contributed by atoms with van der Waals surface area (Å²) in [7, 11) is 0. The number of hydrogen-bond donors (Lipinski definition) is 0. The van der Waals surface area contributed by atoms with Crippen molar-refractivity contribution in [3.8, 4) is 5.69 Å². The summed E-state index contributed by atoms with van der Waals surface area (Å²) in [6.45, 7) is 0. The molecule has 3 rings (SSSR count). The zero-order valence-corrected chi connectivity index (χ0v) is 12.0. The number of halogens is 1. The molecule has 0 aliphatic heterocycles. The third-order valence-electron chi connectivity index (χ3n) is 3.32. The van der Waals surface area contributed by atoms with E-state index in [0.717, 1.165) is 23.7 Å². The molecular weight excluding hydrogens is 280 g/mol. The van der Waals surface area contributed by atoms with E-state index in [-0.39, 0.29) is 5.38 Å². The summed E-state index contributed by atoms with van der Waals surface area (Å²) in [6, 6.07) is 9.95. The van der Waals surface area contributed by atoms with Crippen molar-refractivity contribution in [3.05, 3.63) is 30.3 Å². The molecule has 6 heteroatoms. The molecule has 1 heterocycles. The van der Waals surface area contributed by atoms with Gasteiger partial charge in [-0.1, -0.05) is 42.8 Å². The molecule has 0 bridgehead atoms. The number of aromatic nitrogens is 4. The van der Waals surface area contributed by atoms with Crippen molar-refractivity contribution >= 4 is 23.4 Å². The Bertz CT molecular complexity index is 530. The zero-order valence-electron chi connectivity index (χ0n) is 10.4. The first-order chi connectivity index (χ1) is 9.34. The van der Waals surface area contributed by atoms with Crippen LogP contribution in [0.15, 0.2) is 35.5 Å². The molecule has 1 aromatic heterocycles. The number of tetrazole rings is 1. The number of nitrogens with zero attached hydrogens (tertiary/aromatic N) is 4. The molecule has 4 nitrogen and oxygen atoms in total. The molecule has 1 aliphatic carbocycles. The zero-order chi connectivity index (χ0) is 13.1. The van der Waals surface area contributed by atoms with E-state index in [1.54, 1.807) is 16.4 Å². The Hall–Kier alpha value is -1.07. The van der Waals surface area contributed by atoms with Gasteiger partial charge in [0.05, 0.1) is 5.69 Å². The summed E-state index contributed by atoms with van der Waals surface area (Å²) in [5.74, 6) is 0. The predicted molar refractivity (Wildman–Crippen MR) is 76.9 cm³/mol. The lowest BCUT2D eigenvalue weighted by Gasteiger charge is -2.25. The molecule has 0 N–H and O–H groups in total. The Balaban J connectivity index is 1.81. The maximum atomic E-state index is 6.40. The van der Waals surface area contributed by atoms with Crippen LogP contribution in [0.5, 0.6) is 0 Å². The van der Waals surface area contributed by atoms with Gasteiger partial charge in [-0.05, 0) is 35.4 Å². The summed E-state index contributed by atoms with van der Waals surface area (Å²) in [6.07, 6.45) is 4.70. The summed E-state index contributed by atoms with van der Waals surface area (Å²) in [5, 5.41) is 13.4. The van der Waals surface area contributed by atoms with Crippen LogP contribution in [0.25, 0.3) is 5.69 Å². The number of thioether (sulfide) groups is 1. The maximum absolute atomic E-state index is 6.40. The van der Waals surface area contributed by atoms with E-state index in [1.165, 1.54) is 12.8 Å². The van der Waals surface area contributed by atoms with Gasteiger partial charge in [-0.2, -0.15) is 4.68 Å². The highest BCUT2D eigenvalue weighted by Gasteiger charge is 2.26. The molecule has 100 valence electrons. The fourth-order valence-electron chi connectivity index (χ4n) is 2.30. The van der Waals surface area contributed by atoms with Crippen molar-refractivity contribution in [2.75, 3.05) is 0 Å². The smallest absolute Gasteiger partial charge is 0.188 e. The average Bonchev–Trinajstić information content (AvgIpc) is 2.91. The normalized spacial score (nSPS) is 23.4. The highest BCUT2D eigenvalue weighted by molar-refractivity contribution is 7.99. The molecule has 0 radical (unpaired) electrons. The first kappa shape index (κ1) is 12.9. The molecule has 0 spiro atoms. The minimum absolute atomic E-state index is 0.222. The first-order valence-corrected chi connectivity index (χ1v) is 7.81. The summed E-state index contributed by atoms with van der Waals surface area (Å²) >= 11 is 8.09. The highest BCUT2D eigenvalue weighted by Crippen LogP contribution is 2.35. The Morgan fingerprint density at radius 1 is 1.16 bits per heavy atom. The molecule has 1 saturated carbocycles. The van der Waals surface area contributed by atoms with Crippen molar-refractivity contribution in [2.45, 2.75) is 41.5 Å². The molecule has 0 saturated heterocycles. The topological polar surface area (TPSA) is 43.6 Å². The maximum Gasteiger partial charge on any atom is 0.214 e. The van der Waals surface area contributed by atoms with Crippen LogP contribution in [-0.4, -0.2) is 30.8 Å². The molecule has 0 amide bonds. The fourth-order valence-corrected chi connectivity index (χ4v) is 3.90. The van der Waals surface area contributed by atoms with Gasteiger partial charge < -0.3 is 0 Å². The van der Waals surface area contributed by atoms with Gasteiger partial charge in [-0.25, -0.2) is 0 Å². The average molecular weight is 295 g/mol. The van der Waals surface area contributed by atoms with Crippen LogP contribution in [0.3, 0.4) is 0 Å². The third kappa shape index (κ3) is 2.92. The first-order valence-electron chi connectivity index (χ1n) is 6.49. The third-order valence-corrected chi connectivity index (χ3v) is 5.32. The molecule has 1 aliphatic rings. The van der Waals surface area contributed by atoms with E-state index in [0.29, 0.717) is 5.25 Å². The van der Waals surface area contributed by atoms with Gasteiger partial charge in [0, 0.05) is 10.6 Å². The van der Waals surface area contributed by atoms with Crippen LogP contribution in [0, 0.1) is 0 Å². The van der Waals surface area contributed by atoms with E-state index in [2.05, 4.69) is 15.5 Å². The van der Waals surface area contributed by atoms with E-state index >= 15 is 0 Å². The van der Waals surface area contributed by atoms with Gasteiger partial charge in [0.15, 0.2) is 0 Å². The minimum Gasteiger partial charge on any atom is -0.188 e. The Morgan fingerprint density at radius 2 is 1.95 bits per heavy atom. The van der Waals surface area contributed by atoms with Gasteiger partial charge in [-0.3, -0.25) is 0 Å². The van der Waals surface area contributed by atoms with Crippen molar-refractivity contribution in [1.82, 2.24) is 20.2 Å². The summed E-state index contributed by atoms with van der Waals surface area (Å²) in [4.78, 5) is 0. The van der Waals surface area contributed by atoms with Crippen molar-refractivity contribution in [1.29, 1.82) is 0 Å². The number of hydrogen-bond acceptors (Lipinski definition) is 4. The van der Waals surface area contributed by atoms with Crippen LogP contribution >= 0.6 is 23.4 Å². The van der Waals surface area contributed by atoms with Gasteiger partial charge >= 0.3 is 0 Å².